The molecule has 0 rings (SSSR count). The molecule has 0 aromatic carbocycles. The van der Waals surface area contributed by atoms with Crippen LogP contribution in [0.2, 0.25) is 0 Å². The third-order valence-electron chi connectivity index (χ3n) is 10.2. The van der Waals surface area contributed by atoms with Crippen molar-refractivity contribution in [1.82, 2.24) is 42.5 Å². The van der Waals surface area contributed by atoms with Crippen molar-refractivity contribution in [1.29, 1.82) is 0 Å². The van der Waals surface area contributed by atoms with E-state index >= 15 is 0 Å². The van der Waals surface area contributed by atoms with Gasteiger partial charge in [-0.15, -0.1) is 0 Å². The van der Waals surface area contributed by atoms with Gasteiger partial charge in [-0.05, 0) is 56.3 Å². The molecule has 0 saturated carbocycles. The molecule has 0 bridgehead atoms. The standard InChI is InChI=1S/C41H75N9O11/c1-13-23(9)33(48-30(52)18-43-37(57)28(15-20(3)4)46-36(56)25(11)42)39(59)44-19-31(53)49-34(24(10)14-2)40(60)47-29(16-21(5)6)38(58)50-35(26(12)51)41(61)45-27(22(7)8)17-32(54)55/h20-29,33-35,51H,13-19,42H2,1-12H3,(H,43,57)(H,44,59)(H,45,61)(H,46,56)(H,47,60)(H,48,52)(H,49,53)(H,50,58)(H,54,55)/t23-,24-,25-,26+,27-,28-,29-,33-,34-,35-/m0/s1. The van der Waals surface area contributed by atoms with Crippen LogP contribution in [0.5, 0.6) is 0 Å². The van der Waals surface area contributed by atoms with Crippen molar-refractivity contribution < 1.29 is 53.4 Å². The van der Waals surface area contributed by atoms with Crippen LogP contribution in [0.4, 0.5) is 0 Å². The molecule has 8 amide bonds. The molecule has 20 nitrogen and oxygen atoms in total. The molecule has 20 heteroatoms. The molecular formula is C41H75N9O11. The van der Waals surface area contributed by atoms with E-state index in [0.717, 1.165) is 0 Å². The number of carbonyl (C=O) groups excluding carboxylic acids is 8. The quantitative estimate of drug-likeness (QED) is 0.0459. The number of carboxylic acids is 1. The molecule has 0 saturated heterocycles. The van der Waals surface area contributed by atoms with Gasteiger partial charge in [0.1, 0.15) is 30.2 Å². The number of nitrogens with two attached hydrogens (primary N) is 1. The summed E-state index contributed by atoms with van der Waals surface area (Å²) in [7, 11) is 0. The Morgan fingerprint density at radius 1 is 0.508 bits per heavy atom. The van der Waals surface area contributed by atoms with E-state index in [-0.39, 0.29) is 30.6 Å². The fourth-order valence-corrected chi connectivity index (χ4v) is 5.96. The molecule has 0 aromatic heterocycles. The van der Waals surface area contributed by atoms with Crippen molar-refractivity contribution in [2.24, 2.45) is 35.3 Å². The number of nitrogens with one attached hydrogen (secondary N) is 8. The van der Waals surface area contributed by atoms with Crippen molar-refractivity contribution in [2.75, 3.05) is 13.1 Å². The second kappa shape index (κ2) is 27.9. The summed E-state index contributed by atoms with van der Waals surface area (Å²) in [5, 5.41) is 40.2. The Labute approximate surface area is 360 Å². The third kappa shape index (κ3) is 21.5. The van der Waals surface area contributed by atoms with Gasteiger partial charge in [0, 0.05) is 6.04 Å². The van der Waals surface area contributed by atoms with Gasteiger partial charge < -0.3 is 58.5 Å². The largest absolute Gasteiger partial charge is 0.481 e. The summed E-state index contributed by atoms with van der Waals surface area (Å²) in [5.74, 6) is -7.91. The van der Waals surface area contributed by atoms with E-state index in [1.807, 2.05) is 13.8 Å². The molecule has 0 radical (unpaired) electrons. The van der Waals surface area contributed by atoms with Crippen LogP contribution in [0.3, 0.4) is 0 Å². The molecular weight excluding hydrogens is 795 g/mol. The van der Waals surface area contributed by atoms with Gasteiger partial charge in [-0.1, -0.05) is 82.1 Å². The normalized spacial score (nSPS) is 16.3. The zero-order valence-electron chi connectivity index (χ0n) is 38.1. The lowest BCUT2D eigenvalue weighted by Gasteiger charge is -2.30. The van der Waals surface area contributed by atoms with E-state index in [1.165, 1.54) is 13.8 Å². The van der Waals surface area contributed by atoms with E-state index in [1.54, 1.807) is 55.4 Å². The molecule has 350 valence electrons. The van der Waals surface area contributed by atoms with Gasteiger partial charge >= 0.3 is 5.97 Å². The van der Waals surface area contributed by atoms with Crippen molar-refractivity contribution >= 4 is 53.2 Å². The summed E-state index contributed by atoms with van der Waals surface area (Å²) < 4.78 is 0. The first-order valence-electron chi connectivity index (χ1n) is 21.3. The SMILES string of the molecule is CC[C@H](C)[C@H](NC(=O)CNC(=O)[C@H](CC(C)C)NC(=O)[C@H](C)N)C(=O)NCC(=O)N[C@H](C(=O)N[C@@H](CC(C)C)C(=O)N[C@H](C(=O)N[C@@H](CC(=O)O)C(C)C)[C@@H](C)O)[C@@H](C)CC. The lowest BCUT2D eigenvalue weighted by molar-refractivity contribution is -0.139. The number of carbonyl (C=O) groups is 9. The van der Waals surface area contributed by atoms with E-state index in [9.17, 15) is 53.4 Å². The molecule has 12 N–H and O–H groups in total. The molecule has 61 heavy (non-hydrogen) atoms. The Morgan fingerprint density at radius 3 is 1.31 bits per heavy atom. The summed E-state index contributed by atoms with van der Waals surface area (Å²) in [6.07, 6.45) is -0.463. The van der Waals surface area contributed by atoms with Crippen LogP contribution < -0.4 is 48.3 Å². The highest BCUT2D eigenvalue weighted by Crippen LogP contribution is 2.13. The summed E-state index contributed by atoms with van der Waals surface area (Å²) in [5.41, 5.74) is 5.63. The van der Waals surface area contributed by atoms with Crippen molar-refractivity contribution in [3.05, 3.63) is 0 Å². The highest BCUT2D eigenvalue weighted by molar-refractivity contribution is 5.96. The first kappa shape index (κ1) is 56.1. The Bertz CT molecular complexity index is 1490. The Kier molecular flexibility index (Phi) is 25.7. The first-order chi connectivity index (χ1) is 28.2. The smallest absolute Gasteiger partial charge is 0.305 e. The fraction of sp³-hybridized carbons (Fsp3) is 0.780. The van der Waals surface area contributed by atoms with Crippen LogP contribution in [-0.2, 0) is 43.2 Å². The maximum Gasteiger partial charge on any atom is 0.305 e. The fourth-order valence-electron chi connectivity index (χ4n) is 5.96. The minimum Gasteiger partial charge on any atom is -0.481 e. The number of amides is 8. The minimum atomic E-state index is -1.48. The van der Waals surface area contributed by atoms with E-state index in [0.29, 0.717) is 19.3 Å². The minimum absolute atomic E-state index is 0.0330. The second-order valence-electron chi connectivity index (χ2n) is 17.2. The lowest BCUT2D eigenvalue weighted by atomic mass is 9.96. The molecule has 0 aliphatic rings. The average molecular weight is 870 g/mol. The molecule has 0 heterocycles. The van der Waals surface area contributed by atoms with Gasteiger partial charge in [0.05, 0.1) is 31.7 Å². The van der Waals surface area contributed by atoms with Gasteiger partial charge in [0.15, 0.2) is 0 Å². The van der Waals surface area contributed by atoms with E-state index in [4.69, 9.17) is 5.73 Å². The van der Waals surface area contributed by atoms with Gasteiger partial charge in [-0.25, -0.2) is 0 Å². The average Bonchev–Trinajstić information content (AvgIpc) is 3.16. The highest BCUT2D eigenvalue weighted by Gasteiger charge is 2.35. The maximum absolute atomic E-state index is 13.8. The van der Waals surface area contributed by atoms with Crippen LogP contribution in [-0.4, -0.2) is 125 Å². The Morgan fingerprint density at radius 2 is 0.918 bits per heavy atom. The molecule has 0 aliphatic carbocycles. The van der Waals surface area contributed by atoms with Gasteiger partial charge in [-0.2, -0.15) is 0 Å². The number of aliphatic hydroxyl groups is 1. The Hall–Kier alpha value is -4.85. The second-order valence-corrected chi connectivity index (χ2v) is 17.2. The number of aliphatic carboxylic acids is 1. The lowest BCUT2D eigenvalue weighted by Crippen LogP contribution is -2.61. The topological polar surface area (TPSA) is 316 Å². The Balaban J connectivity index is 5.85. The predicted molar refractivity (Wildman–Crippen MR) is 228 cm³/mol. The summed E-state index contributed by atoms with van der Waals surface area (Å²) >= 11 is 0. The van der Waals surface area contributed by atoms with Gasteiger partial charge in [0.25, 0.3) is 0 Å². The zero-order chi connectivity index (χ0) is 47.3. The molecule has 0 fully saturated rings. The van der Waals surface area contributed by atoms with Crippen LogP contribution in [0, 0.1) is 29.6 Å². The monoisotopic (exact) mass is 870 g/mol. The first-order valence-corrected chi connectivity index (χ1v) is 21.3. The third-order valence-corrected chi connectivity index (χ3v) is 10.2. The summed E-state index contributed by atoms with van der Waals surface area (Å²) in [6, 6.07) is -7.52. The van der Waals surface area contributed by atoms with Crippen molar-refractivity contribution in [3.63, 3.8) is 0 Å². The summed E-state index contributed by atoms with van der Waals surface area (Å²) in [6.45, 7) is 19.5. The van der Waals surface area contributed by atoms with E-state index in [2.05, 4.69) is 42.5 Å². The number of carboxylic acid groups (broad SMARTS) is 1. The number of rotatable bonds is 28. The van der Waals surface area contributed by atoms with Crippen LogP contribution in [0.1, 0.15) is 115 Å². The molecule has 10 atom stereocenters. The van der Waals surface area contributed by atoms with Crippen LogP contribution in [0.25, 0.3) is 0 Å². The predicted octanol–water partition coefficient (Wildman–Crippen LogP) is -0.829. The summed E-state index contributed by atoms with van der Waals surface area (Å²) in [4.78, 5) is 116. The van der Waals surface area contributed by atoms with Crippen LogP contribution >= 0.6 is 0 Å². The molecule has 0 unspecified atom stereocenters. The van der Waals surface area contributed by atoms with Crippen molar-refractivity contribution in [3.8, 4) is 0 Å². The molecule has 0 aliphatic heterocycles. The molecule has 0 aromatic rings. The van der Waals surface area contributed by atoms with Crippen LogP contribution in [0.15, 0.2) is 0 Å². The molecule has 0 spiro atoms. The number of hydrogen-bond acceptors (Lipinski definition) is 11. The highest BCUT2D eigenvalue weighted by atomic mass is 16.4. The van der Waals surface area contributed by atoms with Crippen molar-refractivity contribution in [2.45, 2.75) is 164 Å². The maximum atomic E-state index is 13.8. The van der Waals surface area contributed by atoms with Gasteiger partial charge in [-0.3, -0.25) is 43.2 Å². The zero-order valence-corrected chi connectivity index (χ0v) is 38.1. The number of hydrogen-bond donors (Lipinski definition) is 11. The number of aliphatic hydroxyl groups excluding tert-OH is 1. The van der Waals surface area contributed by atoms with E-state index < -0.39 is 127 Å². The van der Waals surface area contributed by atoms with Gasteiger partial charge in [0.2, 0.25) is 47.3 Å².